The van der Waals surface area contributed by atoms with E-state index in [1.54, 1.807) is 18.4 Å². The van der Waals surface area contributed by atoms with Gasteiger partial charge < -0.3 is 10.1 Å². The molecule has 1 atom stereocenters. The molecule has 0 radical (unpaired) electrons. The van der Waals surface area contributed by atoms with E-state index in [4.69, 9.17) is 4.74 Å². The van der Waals surface area contributed by atoms with Gasteiger partial charge in [0.05, 0.1) is 7.11 Å². The number of hydrogen-bond acceptors (Lipinski definition) is 4. The second kappa shape index (κ2) is 5.51. The van der Waals surface area contributed by atoms with E-state index < -0.39 is 0 Å². The molecule has 1 unspecified atom stereocenters. The summed E-state index contributed by atoms with van der Waals surface area (Å²) in [6.07, 6.45) is 7.40. The summed E-state index contributed by atoms with van der Waals surface area (Å²) < 4.78 is 7.51. The van der Waals surface area contributed by atoms with Gasteiger partial charge in [-0.2, -0.15) is 4.98 Å². The predicted molar refractivity (Wildman–Crippen MR) is 77.9 cm³/mol. The Hall–Kier alpha value is -1.07. The zero-order valence-electron chi connectivity index (χ0n) is 11.6. The molecule has 1 N–H and O–H groups in total. The van der Waals surface area contributed by atoms with Crippen LogP contribution < -0.4 is 10.1 Å². The molecule has 19 heavy (non-hydrogen) atoms. The molecule has 4 nitrogen and oxygen atoms in total. The van der Waals surface area contributed by atoms with Gasteiger partial charge in [-0.25, -0.2) is 0 Å². The topological polar surface area (TPSA) is 38.6 Å². The summed E-state index contributed by atoms with van der Waals surface area (Å²) in [7, 11) is 1.69. The molecular formula is C14H21N3OS. The molecule has 0 aromatic carbocycles. The second-order valence-electron chi connectivity index (χ2n) is 5.29. The van der Waals surface area contributed by atoms with E-state index in [-0.39, 0.29) is 0 Å². The van der Waals surface area contributed by atoms with Gasteiger partial charge in [0.25, 0.3) is 0 Å². The zero-order chi connectivity index (χ0) is 13.2. The predicted octanol–water partition coefficient (Wildman–Crippen LogP) is 3.07. The molecule has 5 heteroatoms. The van der Waals surface area contributed by atoms with Gasteiger partial charge in [0.2, 0.25) is 5.88 Å². The fraction of sp³-hybridized carbons (Fsp3) is 0.643. The molecule has 0 aliphatic heterocycles. The van der Waals surface area contributed by atoms with Crippen LogP contribution in [0, 0.1) is 5.92 Å². The van der Waals surface area contributed by atoms with Gasteiger partial charge >= 0.3 is 0 Å². The highest BCUT2D eigenvalue weighted by Crippen LogP contribution is 2.34. The highest BCUT2D eigenvalue weighted by atomic mass is 32.1. The highest BCUT2D eigenvalue weighted by molar-refractivity contribution is 7.15. The summed E-state index contributed by atoms with van der Waals surface area (Å²) in [4.78, 5) is 5.49. The van der Waals surface area contributed by atoms with Crippen molar-refractivity contribution in [3.63, 3.8) is 0 Å². The van der Waals surface area contributed by atoms with Crippen molar-refractivity contribution in [1.82, 2.24) is 14.7 Å². The van der Waals surface area contributed by atoms with Crippen molar-refractivity contribution < 1.29 is 4.74 Å². The number of methoxy groups -OCH3 is 1. The number of rotatable bonds is 7. The van der Waals surface area contributed by atoms with E-state index in [0.717, 1.165) is 29.0 Å². The van der Waals surface area contributed by atoms with Gasteiger partial charge in [-0.15, -0.1) is 11.3 Å². The number of ether oxygens (including phenoxy) is 1. The van der Waals surface area contributed by atoms with Crippen LogP contribution in [0.1, 0.15) is 38.3 Å². The Morgan fingerprint density at radius 2 is 2.42 bits per heavy atom. The Bertz CT molecular complexity index is 544. The van der Waals surface area contributed by atoms with Crippen molar-refractivity contribution in [2.24, 2.45) is 5.92 Å². The van der Waals surface area contributed by atoms with Crippen LogP contribution in [0.3, 0.4) is 0 Å². The molecule has 3 rings (SSSR count). The van der Waals surface area contributed by atoms with Crippen LogP contribution in [0.15, 0.2) is 11.6 Å². The first-order chi connectivity index (χ1) is 9.31. The van der Waals surface area contributed by atoms with E-state index in [2.05, 4.69) is 33.2 Å². The van der Waals surface area contributed by atoms with Gasteiger partial charge in [-0.3, -0.25) is 4.40 Å². The van der Waals surface area contributed by atoms with Gasteiger partial charge in [-0.1, -0.05) is 19.8 Å². The summed E-state index contributed by atoms with van der Waals surface area (Å²) in [5.41, 5.74) is 1.13. The quantitative estimate of drug-likeness (QED) is 0.846. The van der Waals surface area contributed by atoms with Crippen LogP contribution in [0.5, 0.6) is 5.88 Å². The first kappa shape index (κ1) is 12.9. The molecule has 1 aliphatic rings. The van der Waals surface area contributed by atoms with Gasteiger partial charge in [-0.05, 0) is 18.8 Å². The molecule has 0 spiro atoms. The number of nitrogens with one attached hydrogen (secondary N) is 1. The molecule has 1 saturated carbocycles. The van der Waals surface area contributed by atoms with E-state index in [1.165, 1.54) is 25.7 Å². The Morgan fingerprint density at radius 3 is 3.11 bits per heavy atom. The van der Waals surface area contributed by atoms with E-state index in [1.807, 2.05) is 0 Å². The van der Waals surface area contributed by atoms with E-state index in [9.17, 15) is 0 Å². The summed E-state index contributed by atoms with van der Waals surface area (Å²) in [6, 6.07) is 0.612. The number of nitrogens with zero attached hydrogens (tertiary/aromatic N) is 2. The maximum absolute atomic E-state index is 5.38. The number of aromatic nitrogens is 2. The zero-order valence-corrected chi connectivity index (χ0v) is 12.4. The number of thiazole rings is 1. The van der Waals surface area contributed by atoms with Gasteiger partial charge in [0, 0.05) is 24.2 Å². The van der Waals surface area contributed by atoms with Crippen molar-refractivity contribution in [3.05, 3.63) is 17.3 Å². The Kier molecular flexibility index (Phi) is 3.75. The third-order valence-electron chi connectivity index (χ3n) is 3.88. The molecule has 0 bridgehead atoms. The summed E-state index contributed by atoms with van der Waals surface area (Å²) in [5, 5.41) is 5.73. The highest BCUT2D eigenvalue weighted by Gasteiger charge is 2.25. The molecule has 2 heterocycles. The van der Waals surface area contributed by atoms with Crippen LogP contribution in [-0.2, 0) is 6.54 Å². The smallest absolute Gasteiger partial charge is 0.237 e. The lowest BCUT2D eigenvalue weighted by atomic mass is 10.1. The summed E-state index contributed by atoms with van der Waals surface area (Å²) in [6.45, 7) is 3.08. The average Bonchev–Trinajstić information content (AvgIpc) is 3.01. The minimum absolute atomic E-state index is 0.612. The van der Waals surface area contributed by atoms with Crippen molar-refractivity contribution in [1.29, 1.82) is 0 Å². The SMILES string of the molecule is CCC(CC1CC1)NCc1c(OC)nc2sccn12. The number of imidazole rings is 1. The first-order valence-corrected chi connectivity index (χ1v) is 7.91. The molecule has 1 fully saturated rings. The maximum atomic E-state index is 5.38. The minimum Gasteiger partial charge on any atom is -0.480 e. The monoisotopic (exact) mass is 279 g/mol. The van der Waals surface area contributed by atoms with Crippen molar-refractivity contribution >= 4 is 16.3 Å². The molecule has 2 aromatic heterocycles. The molecule has 104 valence electrons. The molecule has 0 saturated heterocycles. The lowest BCUT2D eigenvalue weighted by Gasteiger charge is -2.16. The number of hydrogen-bond donors (Lipinski definition) is 1. The van der Waals surface area contributed by atoms with E-state index >= 15 is 0 Å². The third kappa shape index (κ3) is 2.77. The Balaban J connectivity index is 1.70. The summed E-state index contributed by atoms with van der Waals surface area (Å²) >= 11 is 1.64. The van der Waals surface area contributed by atoms with Crippen molar-refractivity contribution in [3.8, 4) is 5.88 Å². The van der Waals surface area contributed by atoms with Gasteiger partial charge in [0.1, 0.15) is 5.69 Å². The summed E-state index contributed by atoms with van der Waals surface area (Å²) in [5.74, 6) is 1.71. The van der Waals surface area contributed by atoms with Crippen molar-refractivity contribution in [2.45, 2.75) is 45.2 Å². The standard InChI is InChI=1S/C14H21N3OS/c1-3-11(8-10-4-5-10)15-9-12-13(18-2)16-14-17(12)6-7-19-14/h6-7,10-11,15H,3-5,8-9H2,1-2H3. The average molecular weight is 279 g/mol. The molecule has 1 aliphatic carbocycles. The van der Waals surface area contributed by atoms with Crippen LogP contribution in [0.4, 0.5) is 0 Å². The van der Waals surface area contributed by atoms with Crippen LogP contribution in [-0.4, -0.2) is 22.5 Å². The number of fused-ring (bicyclic) bond motifs is 1. The maximum Gasteiger partial charge on any atom is 0.237 e. The fourth-order valence-corrected chi connectivity index (χ4v) is 3.25. The van der Waals surface area contributed by atoms with E-state index in [0.29, 0.717) is 6.04 Å². The lowest BCUT2D eigenvalue weighted by Crippen LogP contribution is -2.29. The lowest BCUT2D eigenvalue weighted by molar-refractivity contribution is 0.385. The Labute approximate surface area is 117 Å². The minimum atomic E-state index is 0.612. The van der Waals surface area contributed by atoms with Crippen LogP contribution in [0.25, 0.3) is 4.96 Å². The fourth-order valence-electron chi connectivity index (χ4n) is 2.53. The Morgan fingerprint density at radius 1 is 1.58 bits per heavy atom. The van der Waals surface area contributed by atoms with Gasteiger partial charge in [0.15, 0.2) is 4.96 Å². The van der Waals surface area contributed by atoms with Crippen LogP contribution in [0.2, 0.25) is 0 Å². The van der Waals surface area contributed by atoms with Crippen molar-refractivity contribution in [2.75, 3.05) is 7.11 Å². The normalized spacial score (nSPS) is 16.9. The molecular weight excluding hydrogens is 258 g/mol. The first-order valence-electron chi connectivity index (χ1n) is 7.03. The third-order valence-corrected chi connectivity index (χ3v) is 4.64. The van der Waals surface area contributed by atoms with Crippen LogP contribution >= 0.6 is 11.3 Å². The second-order valence-corrected chi connectivity index (χ2v) is 6.16. The largest absolute Gasteiger partial charge is 0.480 e. The molecule has 2 aromatic rings. The molecule has 0 amide bonds.